The quantitative estimate of drug-likeness (QED) is 0.851. The van der Waals surface area contributed by atoms with Gasteiger partial charge in [-0.15, -0.1) is 0 Å². The number of fused-ring (bicyclic) bond motifs is 1. The highest BCUT2D eigenvalue weighted by Crippen LogP contribution is 2.37. The van der Waals surface area contributed by atoms with E-state index >= 15 is 0 Å². The fourth-order valence-electron chi connectivity index (χ4n) is 4.15. The first-order valence-electron chi connectivity index (χ1n) is 9.53. The standard InChI is InChI=1S/C20H30N2O3S/c1-14(2)10-21-20(23)17-8-9-26(24,25)19-13-22(12-18(17)19)11-16-6-4-15(3)5-7-16/h4-7,14,17-19H,8-13H2,1-3H3,(H,21,23)/t17-,18+,19+/m1/s1. The van der Waals surface area contributed by atoms with Gasteiger partial charge in [0.05, 0.1) is 11.0 Å². The molecule has 2 fully saturated rings. The van der Waals surface area contributed by atoms with Crippen molar-refractivity contribution in [3.8, 4) is 0 Å². The summed E-state index contributed by atoms with van der Waals surface area (Å²) in [6.07, 6.45) is 0.450. The molecule has 0 radical (unpaired) electrons. The molecular formula is C20H30N2O3S. The number of hydrogen-bond acceptors (Lipinski definition) is 4. The van der Waals surface area contributed by atoms with Crippen LogP contribution in [0.1, 0.15) is 31.4 Å². The lowest BCUT2D eigenvalue weighted by molar-refractivity contribution is -0.126. The molecule has 6 heteroatoms. The Morgan fingerprint density at radius 3 is 2.58 bits per heavy atom. The molecule has 0 saturated carbocycles. The van der Waals surface area contributed by atoms with E-state index < -0.39 is 15.1 Å². The molecule has 2 aliphatic rings. The molecule has 2 heterocycles. The van der Waals surface area contributed by atoms with E-state index in [1.807, 2.05) is 0 Å². The van der Waals surface area contributed by atoms with Crippen molar-refractivity contribution in [2.45, 2.75) is 39.0 Å². The van der Waals surface area contributed by atoms with E-state index in [2.05, 4.69) is 55.3 Å². The summed E-state index contributed by atoms with van der Waals surface area (Å²) in [5.74, 6) is 0.271. The number of carbonyl (C=O) groups is 1. The number of benzene rings is 1. The van der Waals surface area contributed by atoms with E-state index in [4.69, 9.17) is 0 Å². The lowest BCUT2D eigenvalue weighted by Gasteiger charge is -2.32. The number of sulfone groups is 1. The molecular weight excluding hydrogens is 348 g/mol. The Balaban J connectivity index is 1.71. The number of amides is 1. The summed E-state index contributed by atoms with van der Waals surface area (Å²) >= 11 is 0. The number of nitrogens with one attached hydrogen (secondary N) is 1. The maximum Gasteiger partial charge on any atom is 0.223 e. The molecule has 1 aromatic carbocycles. The third kappa shape index (κ3) is 4.29. The largest absolute Gasteiger partial charge is 0.356 e. The number of aryl methyl sites for hydroxylation is 1. The van der Waals surface area contributed by atoms with Crippen LogP contribution in [0.3, 0.4) is 0 Å². The Morgan fingerprint density at radius 2 is 1.92 bits per heavy atom. The van der Waals surface area contributed by atoms with Crippen molar-refractivity contribution in [3.63, 3.8) is 0 Å². The van der Waals surface area contributed by atoms with Gasteiger partial charge in [0.25, 0.3) is 0 Å². The average Bonchev–Trinajstić information content (AvgIpc) is 3.00. The summed E-state index contributed by atoms with van der Waals surface area (Å²) in [5, 5.41) is 2.60. The van der Waals surface area contributed by atoms with E-state index in [-0.39, 0.29) is 23.5 Å². The maximum absolute atomic E-state index is 12.6. The maximum atomic E-state index is 12.6. The third-order valence-electron chi connectivity index (χ3n) is 5.62. The first-order valence-corrected chi connectivity index (χ1v) is 11.2. The van der Waals surface area contributed by atoms with Crippen molar-refractivity contribution < 1.29 is 13.2 Å². The van der Waals surface area contributed by atoms with Crippen molar-refractivity contribution in [2.75, 3.05) is 25.4 Å². The molecule has 2 saturated heterocycles. The Bertz CT molecular complexity index is 743. The zero-order valence-electron chi connectivity index (χ0n) is 15.9. The molecule has 0 unspecified atom stereocenters. The van der Waals surface area contributed by atoms with Gasteiger partial charge in [-0.3, -0.25) is 9.69 Å². The minimum Gasteiger partial charge on any atom is -0.356 e. The van der Waals surface area contributed by atoms with Gasteiger partial charge in [0.2, 0.25) is 5.91 Å². The minimum absolute atomic E-state index is 0.0285. The smallest absolute Gasteiger partial charge is 0.223 e. The summed E-state index contributed by atoms with van der Waals surface area (Å²) in [7, 11) is -3.11. The molecule has 0 aliphatic carbocycles. The zero-order chi connectivity index (χ0) is 18.9. The number of rotatable bonds is 5. The van der Waals surface area contributed by atoms with Crippen LogP contribution >= 0.6 is 0 Å². The van der Waals surface area contributed by atoms with Crippen molar-refractivity contribution in [1.29, 1.82) is 0 Å². The molecule has 1 amide bonds. The van der Waals surface area contributed by atoms with E-state index in [1.165, 1.54) is 11.1 Å². The van der Waals surface area contributed by atoms with Crippen LogP contribution in [-0.2, 0) is 21.2 Å². The number of carbonyl (C=O) groups excluding carboxylic acids is 1. The Kier molecular flexibility index (Phi) is 5.72. The van der Waals surface area contributed by atoms with Gasteiger partial charge in [-0.2, -0.15) is 0 Å². The van der Waals surface area contributed by atoms with E-state index in [0.29, 0.717) is 32.0 Å². The Labute approximate surface area is 157 Å². The normalized spacial score (nSPS) is 28.1. The van der Waals surface area contributed by atoms with Gasteiger partial charge in [-0.1, -0.05) is 43.7 Å². The van der Waals surface area contributed by atoms with Gasteiger partial charge < -0.3 is 5.32 Å². The van der Waals surface area contributed by atoms with E-state index in [1.54, 1.807) is 0 Å². The lowest BCUT2D eigenvalue weighted by atomic mass is 9.87. The molecule has 5 nitrogen and oxygen atoms in total. The van der Waals surface area contributed by atoms with Crippen LogP contribution < -0.4 is 5.32 Å². The van der Waals surface area contributed by atoms with Crippen molar-refractivity contribution in [3.05, 3.63) is 35.4 Å². The molecule has 0 aromatic heterocycles. The van der Waals surface area contributed by atoms with Gasteiger partial charge >= 0.3 is 0 Å². The molecule has 0 spiro atoms. The van der Waals surface area contributed by atoms with Crippen molar-refractivity contribution >= 4 is 15.7 Å². The second-order valence-electron chi connectivity index (χ2n) is 8.28. The minimum atomic E-state index is -3.11. The first-order chi connectivity index (χ1) is 12.3. The molecule has 3 rings (SSSR count). The van der Waals surface area contributed by atoms with Gasteiger partial charge in [0.15, 0.2) is 9.84 Å². The second-order valence-corrected chi connectivity index (χ2v) is 10.6. The van der Waals surface area contributed by atoms with E-state index in [0.717, 1.165) is 6.54 Å². The highest BCUT2D eigenvalue weighted by atomic mass is 32.2. The van der Waals surface area contributed by atoms with Crippen LogP contribution in [0.2, 0.25) is 0 Å². The van der Waals surface area contributed by atoms with Crippen LogP contribution in [0.5, 0.6) is 0 Å². The Morgan fingerprint density at radius 1 is 1.23 bits per heavy atom. The van der Waals surface area contributed by atoms with Crippen LogP contribution in [0.4, 0.5) is 0 Å². The van der Waals surface area contributed by atoms with Crippen molar-refractivity contribution in [2.24, 2.45) is 17.8 Å². The number of hydrogen-bond donors (Lipinski definition) is 1. The first kappa shape index (κ1) is 19.4. The predicted octanol–water partition coefficient (Wildman–Crippen LogP) is 2.00. The second kappa shape index (κ2) is 7.69. The molecule has 1 N–H and O–H groups in total. The monoisotopic (exact) mass is 378 g/mol. The average molecular weight is 379 g/mol. The van der Waals surface area contributed by atoms with Crippen molar-refractivity contribution in [1.82, 2.24) is 10.2 Å². The SMILES string of the molecule is Cc1ccc(CN2C[C@H]3[C@H](C(=O)NCC(C)C)CCS(=O)(=O)[C@H]3C2)cc1. The highest BCUT2D eigenvalue weighted by molar-refractivity contribution is 7.92. The third-order valence-corrected chi connectivity index (χ3v) is 7.85. The molecule has 26 heavy (non-hydrogen) atoms. The summed E-state index contributed by atoms with van der Waals surface area (Å²) in [6.45, 7) is 8.78. The molecule has 3 atom stereocenters. The van der Waals surface area contributed by atoms with Gasteiger partial charge in [-0.25, -0.2) is 8.42 Å². The fourth-order valence-corrected chi connectivity index (χ4v) is 6.28. The van der Waals surface area contributed by atoms with Crippen LogP contribution in [-0.4, -0.2) is 49.9 Å². The summed E-state index contributed by atoms with van der Waals surface area (Å²) in [4.78, 5) is 14.8. The number of nitrogens with zero attached hydrogens (tertiary/aromatic N) is 1. The lowest BCUT2D eigenvalue weighted by Crippen LogP contribution is -2.47. The summed E-state index contributed by atoms with van der Waals surface area (Å²) in [6, 6.07) is 8.35. The molecule has 1 aromatic rings. The predicted molar refractivity (Wildman–Crippen MR) is 103 cm³/mol. The summed E-state index contributed by atoms with van der Waals surface area (Å²) < 4.78 is 25.2. The topological polar surface area (TPSA) is 66.5 Å². The van der Waals surface area contributed by atoms with Gasteiger partial charge in [0, 0.05) is 38.0 Å². The highest BCUT2D eigenvalue weighted by Gasteiger charge is 2.50. The number of likely N-dealkylation sites (tertiary alicyclic amines) is 1. The molecule has 2 aliphatic heterocycles. The van der Waals surface area contributed by atoms with Crippen LogP contribution in [0.15, 0.2) is 24.3 Å². The molecule has 144 valence electrons. The van der Waals surface area contributed by atoms with Gasteiger partial charge in [-0.05, 0) is 24.8 Å². The van der Waals surface area contributed by atoms with Crippen LogP contribution in [0.25, 0.3) is 0 Å². The molecule has 0 bridgehead atoms. The Hall–Kier alpha value is -1.40. The summed E-state index contributed by atoms with van der Waals surface area (Å²) in [5.41, 5.74) is 2.40. The van der Waals surface area contributed by atoms with Gasteiger partial charge in [0.1, 0.15) is 0 Å². The zero-order valence-corrected chi connectivity index (χ0v) is 16.8. The van der Waals surface area contributed by atoms with Crippen LogP contribution in [0, 0.1) is 24.7 Å². The fraction of sp³-hybridized carbons (Fsp3) is 0.650. The van der Waals surface area contributed by atoms with E-state index in [9.17, 15) is 13.2 Å².